The Morgan fingerprint density at radius 3 is 2.25 bits per heavy atom. The Labute approximate surface area is 139 Å². The highest BCUT2D eigenvalue weighted by molar-refractivity contribution is 7.90. The summed E-state index contributed by atoms with van der Waals surface area (Å²) in [5, 5.41) is 13.3. The summed E-state index contributed by atoms with van der Waals surface area (Å²) in [6, 6.07) is 4.80. The molecule has 0 bridgehead atoms. The van der Waals surface area contributed by atoms with Gasteiger partial charge in [0.25, 0.3) is 0 Å². The number of nitrogens with one attached hydrogen (secondary N) is 2. The first-order chi connectivity index (χ1) is 11.1. The average Bonchev–Trinajstić information content (AvgIpc) is 2.48. The minimum Gasteiger partial charge on any atom is -0.465 e. The molecule has 0 saturated heterocycles. The number of amides is 3. The largest absolute Gasteiger partial charge is 0.465 e. The van der Waals surface area contributed by atoms with E-state index in [2.05, 4.69) is 5.32 Å². The normalized spacial score (nSPS) is 12.2. The molecule has 0 spiro atoms. The second-order valence-corrected chi connectivity index (χ2v) is 7.16. The third kappa shape index (κ3) is 6.65. The van der Waals surface area contributed by atoms with E-state index in [1.165, 1.54) is 12.1 Å². The van der Waals surface area contributed by atoms with Gasteiger partial charge < -0.3 is 21.5 Å². The van der Waals surface area contributed by atoms with E-state index in [0.717, 1.165) is 6.26 Å². The molecule has 0 aliphatic carbocycles. The van der Waals surface area contributed by atoms with Crippen molar-refractivity contribution in [2.24, 2.45) is 5.73 Å². The van der Waals surface area contributed by atoms with Crippen LogP contribution < -0.4 is 16.4 Å². The van der Waals surface area contributed by atoms with Crippen LogP contribution in [0.5, 0.6) is 0 Å². The van der Waals surface area contributed by atoms with Gasteiger partial charge in [-0.25, -0.2) is 13.2 Å². The molecule has 1 atom stereocenters. The van der Waals surface area contributed by atoms with Crippen molar-refractivity contribution < 1.29 is 27.9 Å². The quantitative estimate of drug-likeness (QED) is 0.496. The summed E-state index contributed by atoms with van der Waals surface area (Å²) in [4.78, 5) is 33.6. The van der Waals surface area contributed by atoms with Crippen molar-refractivity contribution in [1.29, 1.82) is 0 Å². The molecule has 9 nitrogen and oxygen atoms in total. The predicted octanol–water partition coefficient (Wildman–Crippen LogP) is -0.392. The molecule has 1 aromatic rings. The van der Waals surface area contributed by atoms with Crippen molar-refractivity contribution >= 4 is 27.7 Å². The maximum absolute atomic E-state index is 12.0. The van der Waals surface area contributed by atoms with Crippen LogP contribution in [0.1, 0.15) is 18.4 Å². The molecule has 0 aliphatic heterocycles. The molecule has 0 fully saturated rings. The molecule has 24 heavy (non-hydrogen) atoms. The van der Waals surface area contributed by atoms with E-state index >= 15 is 0 Å². The van der Waals surface area contributed by atoms with Crippen LogP contribution in [0, 0.1) is 0 Å². The number of carbonyl (C=O) groups is 3. The fourth-order valence-corrected chi connectivity index (χ4v) is 2.50. The lowest BCUT2D eigenvalue weighted by molar-refractivity contribution is -0.123. The fraction of sp³-hybridized carbons (Fsp3) is 0.357. The molecular formula is C14H19N3O6S. The van der Waals surface area contributed by atoms with Gasteiger partial charge in [-0.1, -0.05) is 12.1 Å². The van der Waals surface area contributed by atoms with Crippen LogP contribution >= 0.6 is 0 Å². The number of rotatable bonds is 8. The van der Waals surface area contributed by atoms with E-state index in [1.807, 2.05) is 5.32 Å². The summed E-state index contributed by atoms with van der Waals surface area (Å²) in [6.45, 7) is 0.0806. The van der Waals surface area contributed by atoms with Crippen LogP contribution in [0.15, 0.2) is 29.2 Å². The minimum absolute atomic E-state index is 0.0551. The Balaban J connectivity index is 2.66. The highest BCUT2D eigenvalue weighted by atomic mass is 32.2. The van der Waals surface area contributed by atoms with Gasteiger partial charge in [-0.2, -0.15) is 0 Å². The van der Waals surface area contributed by atoms with E-state index in [1.54, 1.807) is 12.1 Å². The standard InChI is InChI=1S/C14H19N3O6S/c1-24(22,23)10-4-2-9(3-5-10)8-16-13(19)11(17-14(20)21)6-7-12(15)18/h2-5,11,17H,6-8H2,1H3,(H2,15,18)(H,16,19)(H,20,21)/t11-/m0/s1. The smallest absolute Gasteiger partial charge is 0.405 e. The summed E-state index contributed by atoms with van der Waals surface area (Å²) in [7, 11) is -3.30. The van der Waals surface area contributed by atoms with Gasteiger partial charge in [-0.05, 0) is 24.1 Å². The molecular weight excluding hydrogens is 338 g/mol. The van der Waals surface area contributed by atoms with Gasteiger partial charge >= 0.3 is 6.09 Å². The summed E-state index contributed by atoms with van der Waals surface area (Å²) in [5.41, 5.74) is 5.63. The Morgan fingerprint density at radius 2 is 1.79 bits per heavy atom. The SMILES string of the molecule is CS(=O)(=O)c1ccc(CNC(=O)[C@H](CCC(N)=O)NC(=O)O)cc1. The highest BCUT2D eigenvalue weighted by Crippen LogP contribution is 2.10. The van der Waals surface area contributed by atoms with E-state index in [0.29, 0.717) is 5.56 Å². The van der Waals surface area contributed by atoms with E-state index < -0.39 is 33.8 Å². The molecule has 0 saturated carbocycles. The second-order valence-electron chi connectivity index (χ2n) is 5.14. The van der Waals surface area contributed by atoms with E-state index in [9.17, 15) is 22.8 Å². The van der Waals surface area contributed by atoms with Crippen LogP contribution in [0.25, 0.3) is 0 Å². The summed E-state index contributed by atoms with van der Waals surface area (Å²) < 4.78 is 22.7. The van der Waals surface area contributed by atoms with Crippen LogP contribution in [0.4, 0.5) is 4.79 Å². The lowest BCUT2D eigenvalue weighted by atomic mass is 10.1. The molecule has 1 rings (SSSR count). The third-order valence-electron chi connectivity index (χ3n) is 3.11. The molecule has 132 valence electrons. The van der Waals surface area contributed by atoms with Crippen LogP contribution in [0.2, 0.25) is 0 Å². The molecule has 10 heteroatoms. The van der Waals surface area contributed by atoms with Gasteiger partial charge in [0.1, 0.15) is 6.04 Å². The lowest BCUT2D eigenvalue weighted by Crippen LogP contribution is -2.46. The highest BCUT2D eigenvalue weighted by Gasteiger charge is 2.20. The summed E-state index contributed by atoms with van der Waals surface area (Å²) in [6.07, 6.45) is -0.496. The maximum atomic E-state index is 12.0. The van der Waals surface area contributed by atoms with Crippen molar-refractivity contribution in [3.63, 3.8) is 0 Å². The zero-order valence-corrected chi connectivity index (χ0v) is 13.8. The van der Waals surface area contributed by atoms with Gasteiger partial charge in [0, 0.05) is 19.2 Å². The number of hydrogen-bond donors (Lipinski definition) is 4. The number of hydrogen-bond acceptors (Lipinski definition) is 5. The van der Waals surface area contributed by atoms with Crippen molar-refractivity contribution in [3.05, 3.63) is 29.8 Å². The van der Waals surface area contributed by atoms with E-state index in [4.69, 9.17) is 10.8 Å². The van der Waals surface area contributed by atoms with E-state index in [-0.39, 0.29) is 24.3 Å². The predicted molar refractivity (Wildman–Crippen MR) is 84.8 cm³/mol. The fourth-order valence-electron chi connectivity index (χ4n) is 1.87. The van der Waals surface area contributed by atoms with Crippen molar-refractivity contribution in [2.75, 3.05) is 6.26 Å². The first kappa shape index (κ1) is 19.4. The van der Waals surface area contributed by atoms with Gasteiger partial charge in [-0.15, -0.1) is 0 Å². The first-order valence-corrected chi connectivity index (χ1v) is 8.83. The van der Waals surface area contributed by atoms with Gasteiger partial charge in [0.05, 0.1) is 4.90 Å². The van der Waals surface area contributed by atoms with Crippen LogP contribution in [-0.2, 0) is 26.0 Å². The number of carboxylic acid groups (broad SMARTS) is 1. The minimum atomic E-state index is -3.30. The molecule has 0 radical (unpaired) electrons. The van der Waals surface area contributed by atoms with Crippen molar-refractivity contribution in [1.82, 2.24) is 10.6 Å². The van der Waals surface area contributed by atoms with Crippen LogP contribution in [-0.4, -0.2) is 43.7 Å². The van der Waals surface area contributed by atoms with Crippen LogP contribution in [0.3, 0.4) is 0 Å². The zero-order valence-electron chi connectivity index (χ0n) is 13.0. The van der Waals surface area contributed by atoms with Gasteiger partial charge in [-0.3, -0.25) is 9.59 Å². The first-order valence-electron chi connectivity index (χ1n) is 6.94. The number of benzene rings is 1. The summed E-state index contributed by atoms with van der Waals surface area (Å²) in [5.74, 6) is -1.25. The number of sulfone groups is 1. The Hall–Kier alpha value is -2.62. The second kappa shape index (κ2) is 8.29. The number of nitrogens with two attached hydrogens (primary N) is 1. The molecule has 5 N–H and O–H groups in total. The van der Waals surface area contributed by atoms with Crippen molar-refractivity contribution in [3.8, 4) is 0 Å². The topological polar surface area (TPSA) is 156 Å². The molecule has 0 aliphatic rings. The third-order valence-corrected chi connectivity index (χ3v) is 4.24. The zero-order chi connectivity index (χ0) is 18.3. The lowest BCUT2D eigenvalue weighted by Gasteiger charge is -2.16. The number of carbonyl (C=O) groups excluding carboxylic acids is 2. The molecule has 0 aromatic heterocycles. The Morgan fingerprint density at radius 1 is 1.21 bits per heavy atom. The molecule has 1 aromatic carbocycles. The molecule has 0 unspecified atom stereocenters. The number of primary amides is 1. The monoisotopic (exact) mass is 357 g/mol. The van der Waals surface area contributed by atoms with Gasteiger partial charge in [0.2, 0.25) is 11.8 Å². The average molecular weight is 357 g/mol. The Kier molecular flexibility index (Phi) is 6.71. The Bertz CT molecular complexity index is 715. The molecule has 0 heterocycles. The van der Waals surface area contributed by atoms with Crippen molar-refractivity contribution in [2.45, 2.75) is 30.3 Å². The summed E-state index contributed by atoms with van der Waals surface area (Å²) >= 11 is 0. The van der Waals surface area contributed by atoms with Gasteiger partial charge in [0.15, 0.2) is 9.84 Å². The molecule has 3 amide bonds. The maximum Gasteiger partial charge on any atom is 0.405 e.